The van der Waals surface area contributed by atoms with Crippen LogP contribution >= 0.6 is 11.6 Å². The van der Waals surface area contributed by atoms with E-state index in [1.807, 2.05) is 17.0 Å². The van der Waals surface area contributed by atoms with Gasteiger partial charge in [0, 0.05) is 50.2 Å². The molecular weight excluding hydrogens is 316 g/mol. The van der Waals surface area contributed by atoms with E-state index in [1.165, 1.54) is 6.42 Å². The summed E-state index contributed by atoms with van der Waals surface area (Å²) >= 11 is 6.42. The Kier molecular flexibility index (Phi) is 3.85. The molecule has 0 aliphatic carbocycles. The van der Waals surface area contributed by atoms with Crippen LogP contribution in [0.3, 0.4) is 0 Å². The van der Waals surface area contributed by atoms with Crippen molar-refractivity contribution in [2.45, 2.75) is 32.4 Å². The van der Waals surface area contributed by atoms with E-state index in [1.54, 1.807) is 6.92 Å². The van der Waals surface area contributed by atoms with Gasteiger partial charge in [0.15, 0.2) is 11.5 Å². The molecule has 2 atom stereocenters. The molecule has 0 aromatic heterocycles. The fraction of sp³-hybridized carbons (Fsp3) is 0.588. The highest BCUT2D eigenvalue weighted by molar-refractivity contribution is 6.31. The van der Waals surface area contributed by atoms with Gasteiger partial charge in [-0.1, -0.05) is 11.6 Å². The van der Waals surface area contributed by atoms with E-state index >= 15 is 0 Å². The number of halogens is 1. The number of hydrogen-bond donors (Lipinski definition) is 0. The summed E-state index contributed by atoms with van der Waals surface area (Å²) in [6.07, 6.45) is 2.36. The molecule has 0 radical (unpaired) electrons. The predicted molar refractivity (Wildman–Crippen MR) is 86.8 cm³/mol. The maximum Gasteiger partial charge on any atom is 0.231 e. The predicted octanol–water partition coefficient (Wildman–Crippen LogP) is 2.51. The second-order valence-electron chi connectivity index (χ2n) is 6.75. The smallest absolute Gasteiger partial charge is 0.231 e. The Hall–Kier alpha value is -1.46. The second kappa shape index (κ2) is 5.87. The van der Waals surface area contributed by atoms with Gasteiger partial charge in [-0.15, -0.1) is 0 Å². The van der Waals surface area contributed by atoms with Gasteiger partial charge in [0.25, 0.3) is 0 Å². The molecule has 1 aromatic rings. The van der Waals surface area contributed by atoms with Crippen LogP contribution in [0.5, 0.6) is 11.5 Å². The molecule has 4 heterocycles. The minimum absolute atomic E-state index is 0.185. The monoisotopic (exact) mass is 336 g/mol. The van der Waals surface area contributed by atoms with E-state index in [4.69, 9.17) is 21.1 Å². The van der Waals surface area contributed by atoms with Crippen molar-refractivity contribution in [1.82, 2.24) is 9.80 Å². The summed E-state index contributed by atoms with van der Waals surface area (Å²) in [6.45, 7) is 5.47. The Balaban J connectivity index is 1.54. The molecule has 1 aromatic carbocycles. The van der Waals surface area contributed by atoms with Crippen LogP contribution in [0, 0.1) is 5.92 Å². The van der Waals surface area contributed by atoms with Crippen LogP contribution < -0.4 is 9.47 Å². The highest BCUT2D eigenvalue weighted by Gasteiger charge is 2.35. The quantitative estimate of drug-likeness (QED) is 0.832. The molecule has 3 saturated heterocycles. The van der Waals surface area contributed by atoms with E-state index in [9.17, 15) is 4.79 Å². The maximum atomic E-state index is 11.8. The fourth-order valence-corrected chi connectivity index (χ4v) is 4.14. The molecule has 23 heavy (non-hydrogen) atoms. The lowest BCUT2D eigenvalue weighted by atomic mass is 9.94. The number of hydrogen-bond acceptors (Lipinski definition) is 4. The summed E-state index contributed by atoms with van der Waals surface area (Å²) in [5.74, 6) is 2.24. The summed E-state index contributed by atoms with van der Waals surface area (Å²) < 4.78 is 10.8. The van der Waals surface area contributed by atoms with Gasteiger partial charge in [-0.2, -0.15) is 0 Å². The van der Waals surface area contributed by atoms with Crippen LogP contribution in [-0.4, -0.2) is 48.2 Å². The average Bonchev–Trinajstić information content (AvgIpc) is 2.77. The lowest BCUT2D eigenvalue weighted by molar-refractivity contribution is -0.129. The molecule has 3 fully saturated rings. The minimum Gasteiger partial charge on any atom is -0.454 e. The number of nitrogens with zero attached hydrogens (tertiary/aromatic N) is 2. The highest BCUT2D eigenvalue weighted by atomic mass is 35.5. The summed E-state index contributed by atoms with van der Waals surface area (Å²) in [4.78, 5) is 16.2. The molecule has 5 rings (SSSR count). The van der Waals surface area contributed by atoms with Crippen LogP contribution in [0.2, 0.25) is 5.02 Å². The Morgan fingerprint density at radius 3 is 2.78 bits per heavy atom. The lowest BCUT2D eigenvalue weighted by Crippen LogP contribution is -2.43. The first-order chi connectivity index (χ1) is 11.1. The molecule has 4 aliphatic rings. The molecule has 0 N–H and O–H groups in total. The van der Waals surface area contributed by atoms with Gasteiger partial charge in [0.1, 0.15) is 0 Å². The zero-order valence-corrected chi connectivity index (χ0v) is 14.0. The van der Waals surface area contributed by atoms with Gasteiger partial charge in [0.05, 0.1) is 0 Å². The first kappa shape index (κ1) is 15.1. The SMILES string of the molecule is CC(=O)N1C[C@@H]2CC[C@H](C1)N(Cc1cc3c(cc1Cl)OCO3)C2. The van der Waals surface area contributed by atoms with Gasteiger partial charge in [0.2, 0.25) is 12.7 Å². The molecule has 6 heteroatoms. The molecule has 0 unspecified atom stereocenters. The van der Waals surface area contributed by atoms with Crippen LogP contribution in [0.1, 0.15) is 25.3 Å². The van der Waals surface area contributed by atoms with Crippen molar-refractivity contribution in [2.24, 2.45) is 5.92 Å². The van der Waals surface area contributed by atoms with Crippen molar-refractivity contribution in [3.63, 3.8) is 0 Å². The summed E-state index contributed by atoms with van der Waals surface area (Å²) in [6, 6.07) is 4.25. The number of carbonyl (C=O) groups excluding carboxylic acids is 1. The highest BCUT2D eigenvalue weighted by Crippen LogP contribution is 2.38. The van der Waals surface area contributed by atoms with Crippen molar-refractivity contribution >= 4 is 17.5 Å². The number of rotatable bonds is 2. The van der Waals surface area contributed by atoms with Crippen LogP contribution in [0.25, 0.3) is 0 Å². The Bertz CT molecular complexity index is 637. The second-order valence-corrected chi connectivity index (χ2v) is 7.15. The van der Waals surface area contributed by atoms with Crippen molar-refractivity contribution in [3.8, 4) is 11.5 Å². The number of fused-ring (bicyclic) bond motifs is 5. The lowest BCUT2D eigenvalue weighted by Gasteiger charge is -2.36. The zero-order chi connectivity index (χ0) is 16.0. The summed E-state index contributed by atoms with van der Waals surface area (Å²) in [5.41, 5.74) is 1.07. The maximum absolute atomic E-state index is 11.8. The van der Waals surface area contributed by atoms with Gasteiger partial charge in [-0.3, -0.25) is 9.69 Å². The first-order valence-electron chi connectivity index (χ1n) is 8.17. The third-order valence-electron chi connectivity index (χ3n) is 5.19. The van der Waals surface area contributed by atoms with Crippen molar-refractivity contribution in [3.05, 3.63) is 22.7 Å². The fourth-order valence-electron chi connectivity index (χ4n) is 3.93. The van der Waals surface area contributed by atoms with Crippen molar-refractivity contribution < 1.29 is 14.3 Å². The third kappa shape index (κ3) is 2.88. The number of ether oxygens (including phenoxy) is 2. The molecule has 5 nitrogen and oxygen atoms in total. The largest absolute Gasteiger partial charge is 0.454 e. The number of benzene rings is 1. The summed E-state index contributed by atoms with van der Waals surface area (Å²) in [7, 11) is 0. The molecule has 0 saturated carbocycles. The van der Waals surface area contributed by atoms with Crippen molar-refractivity contribution in [1.29, 1.82) is 0 Å². The van der Waals surface area contributed by atoms with Crippen LogP contribution in [0.4, 0.5) is 0 Å². The van der Waals surface area contributed by atoms with E-state index in [0.29, 0.717) is 12.0 Å². The minimum atomic E-state index is 0.185. The molecular formula is C17H21ClN2O3. The van der Waals surface area contributed by atoms with E-state index in [2.05, 4.69) is 4.90 Å². The molecule has 0 spiro atoms. The summed E-state index contributed by atoms with van der Waals surface area (Å²) in [5, 5.41) is 0.720. The molecule has 1 amide bonds. The van der Waals surface area contributed by atoms with Gasteiger partial charge in [-0.05, 0) is 30.4 Å². The Morgan fingerprint density at radius 2 is 2.00 bits per heavy atom. The van der Waals surface area contributed by atoms with Crippen molar-refractivity contribution in [2.75, 3.05) is 26.4 Å². The first-order valence-corrected chi connectivity index (χ1v) is 8.55. The third-order valence-corrected chi connectivity index (χ3v) is 5.54. The number of amides is 1. The van der Waals surface area contributed by atoms with E-state index < -0.39 is 0 Å². The average molecular weight is 337 g/mol. The number of piperidine rings is 1. The van der Waals surface area contributed by atoms with Gasteiger partial charge in [-0.25, -0.2) is 0 Å². The normalized spacial score (nSPS) is 26.4. The van der Waals surface area contributed by atoms with E-state index in [0.717, 1.165) is 54.7 Å². The molecule has 124 valence electrons. The van der Waals surface area contributed by atoms with Crippen LogP contribution in [-0.2, 0) is 11.3 Å². The molecule has 2 bridgehead atoms. The number of carbonyl (C=O) groups is 1. The standard InChI is InChI=1S/C17H21ClN2O3/c1-11(21)19-6-12-2-3-14(9-19)20(7-12)8-13-4-16-17(5-15(13)18)23-10-22-16/h4-5,12,14H,2-3,6-10H2,1H3/t12-,14+/m0/s1. The Labute approximate surface area is 141 Å². The topological polar surface area (TPSA) is 42.0 Å². The van der Waals surface area contributed by atoms with Gasteiger partial charge >= 0.3 is 0 Å². The van der Waals surface area contributed by atoms with Gasteiger partial charge < -0.3 is 14.4 Å². The van der Waals surface area contributed by atoms with Crippen LogP contribution in [0.15, 0.2) is 12.1 Å². The molecule has 4 aliphatic heterocycles. The Morgan fingerprint density at radius 1 is 1.22 bits per heavy atom. The zero-order valence-electron chi connectivity index (χ0n) is 13.3. The van der Waals surface area contributed by atoms with E-state index in [-0.39, 0.29) is 12.7 Å².